The van der Waals surface area contributed by atoms with Crippen molar-refractivity contribution in [1.29, 1.82) is 0 Å². The average Bonchev–Trinajstić information content (AvgIpc) is 3.10. The first-order valence-corrected chi connectivity index (χ1v) is 11.3. The summed E-state index contributed by atoms with van der Waals surface area (Å²) in [5.41, 5.74) is 3.70. The van der Waals surface area contributed by atoms with Crippen LogP contribution >= 0.6 is 0 Å². The molecule has 33 heavy (non-hydrogen) atoms. The van der Waals surface area contributed by atoms with E-state index < -0.39 is 6.04 Å². The Labute approximate surface area is 194 Å². The molecule has 0 bridgehead atoms. The largest absolute Gasteiger partial charge is 0.357 e. The molecule has 3 amide bonds. The van der Waals surface area contributed by atoms with Crippen molar-refractivity contribution in [2.45, 2.75) is 39.3 Å². The van der Waals surface area contributed by atoms with Gasteiger partial charge in [0.15, 0.2) is 0 Å². The number of anilines is 1. The number of nitrogens with one attached hydrogen (secondary N) is 1. The number of carbonyl (C=O) groups excluding carboxylic acids is 3. The first kappa shape index (κ1) is 22.5. The second kappa shape index (κ2) is 9.45. The minimum absolute atomic E-state index is 0.0234. The zero-order valence-corrected chi connectivity index (χ0v) is 19.3. The van der Waals surface area contributed by atoms with E-state index in [0.717, 1.165) is 27.6 Å². The molecule has 1 N–H and O–H groups in total. The van der Waals surface area contributed by atoms with Crippen LogP contribution < -0.4 is 10.2 Å². The summed E-state index contributed by atoms with van der Waals surface area (Å²) >= 11 is 0. The predicted molar refractivity (Wildman–Crippen MR) is 130 cm³/mol. The fraction of sp³-hybridized carbons (Fsp3) is 0.296. The Morgan fingerprint density at radius 1 is 1.03 bits per heavy atom. The van der Waals surface area contributed by atoms with E-state index in [2.05, 4.69) is 5.32 Å². The van der Waals surface area contributed by atoms with Gasteiger partial charge in [0.05, 0.1) is 5.69 Å². The minimum Gasteiger partial charge on any atom is -0.357 e. The van der Waals surface area contributed by atoms with Gasteiger partial charge in [-0.15, -0.1) is 0 Å². The van der Waals surface area contributed by atoms with E-state index >= 15 is 0 Å². The van der Waals surface area contributed by atoms with E-state index in [9.17, 15) is 14.4 Å². The molecule has 1 atom stereocenters. The Balaban J connectivity index is 1.47. The van der Waals surface area contributed by atoms with Gasteiger partial charge in [-0.05, 0) is 48.9 Å². The summed E-state index contributed by atoms with van der Waals surface area (Å²) in [5.74, 6) is -0.324. The molecule has 6 heteroatoms. The third-order valence-electron chi connectivity index (χ3n) is 6.44. The normalized spacial score (nSPS) is 13.3. The number of hydrogen-bond donors (Lipinski definition) is 1. The molecule has 1 aliphatic heterocycles. The molecule has 1 unspecified atom stereocenters. The molecule has 170 valence electrons. The molecule has 0 fully saturated rings. The number of benzene rings is 3. The van der Waals surface area contributed by atoms with Crippen LogP contribution in [-0.4, -0.2) is 42.3 Å². The van der Waals surface area contributed by atoms with E-state index in [0.29, 0.717) is 25.1 Å². The monoisotopic (exact) mass is 443 g/mol. The Bertz CT molecular complexity index is 1210. The number of carbonyl (C=O) groups is 3. The average molecular weight is 444 g/mol. The standard InChI is InChI=1S/C27H29N3O3/c1-18-9-4-5-10-21(18)17-30(19(2)26(32)28-3)24(31)15-8-16-29-23-14-7-12-20-11-6-13-22(25(20)23)27(29)33/h4-7,9-14,19H,8,15-17H2,1-3H3,(H,28,32). The van der Waals surface area contributed by atoms with Crippen LogP contribution in [-0.2, 0) is 16.1 Å². The molecule has 0 aliphatic carbocycles. The number of nitrogens with zero attached hydrogens (tertiary/aromatic N) is 2. The molecule has 4 rings (SSSR count). The molecule has 3 aromatic rings. The summed E-state index contributed by atoms with van der Waals surface area (Å²) in [4.78, 5) is 41.9. The van der Waals surface area contributed by atoms with Crippen molar-refractivity contribution in [3.8, 4) is 0 Å². The Hall–Kier alpha value is -3.67. The fourth-order valence-electron chi connectivity index (χ4n) is 4.50. The summed E-state index contributed by atoms with van der Waals surface area (Å²) in [6.45, 7) is 4.56. The van der Waals surface area contributed by atoms with Crippen molar-refractivity contribution in [3.63, 3.8) is 0 Å². The smallest absolute Gasteiger partial charge is 0.258 e. The van der Waals surface area contributed by atoms with E-state index in [1.807, 2.05) is 67.6 Å². The quantitative estimate of drug-likeness (QED) is 0.571. The van der Waals surface area contributed by atoms with E-state index in [4.69, 9.17) is 0 Å². The van der Waals surface area contributed by atoms with Crippen molar-refractivity contribution in [1.82, 2.24) is 10.2 Å². The van der Waals surface area contributed by atoms with Crippen LogP contribution in [0.5, 0.6) is 0 Å². The molecule has 3 aromatic carbocycles. The van der Waals surface area contributed by atoms with Gasteiger partial charge >= 0.3 is 0 Å². The van der Waals surface area contributed by atoms with Crippen LogP contribution in [0.2, 0.25) is 0 Å². The van der Waals surface area contributed by atoms with E-state index in [-0.39, 0.29) is 24.1 Å². The molecule has 0 spiro atoms. The zero-order valence-electron chi connectivity index (χ0n) is 19.3. The third kappa shape index (κ3) is 4.33. The summed E-state index contributed by atoms with van der Waals surface area (Å²) < 4.78 is 0. The minimum atomic E-state index is -0.589. The Morgan fingerprint density at radius 2 is 1.76 bits per heavy atom. The fourth-order valence-corrected chi connectivity index (χ4v) is 4.50. The SMILES string of the molecule is CNC(=O)C(C)N(Cc1ccccc1C)C(=O)CCCN1C(=O)c2cccc3cccc1c23. The highest BCUT2D eigenvalue weighted by Gasteiger charge is 2.30. The van der Waals surface area contributed by atoms with Crippen LogP contribution in [0.4, 0.5) is 5.69 Å². The van der Waals surface area contributed by atoms with Crippen LogP contribution in [0.25, 0.3) is 10.8 Å². The van der Waals surface area contributed by atoms with Crippen LogP contribution in [0.15, 0.2) is 60.7 Å². The molecule has 0 saturated heterocycles. The van der Waals surface area contributed by atoms with Gasteiger partial charge in [0, 0.05) is 37.5 Å². The molecule has 6 nitrogen and oxygen atoms in total. The van der Waals surface area contributed by atoms with Gasteiger partial charge in [0.25, 0.3) is 5.91 Å². The Morgan fingerprint density at radius 3 is 2.48 bits per heavy atom. The highest BCUT2D eigenvalue weighted by Crippen LogP contribution is 2.37. The number of hydrogen-bond acceptors (Lipinski definition) is 3. The first-order valence-electron chi connectivity index (χ1n) is 11.3. The zero-order chi connectivity index (χ0) is 23.5. The number of likely N-dealkylation sites (N-methyl/N-ethyl adjacent to an activating group) is 1. The van der Waals surface area contributed by atoms with Crippen molar-refractivity contribution in [3.05, 3.63) is 77.4 Å². The lowest BCUT2D eigenvalue weighted by Gasteiger charge is -2.29. The van der Waals surface area contributed by atoms with E-state index in [1.54, 1.807) is 23.8 Å². The molecule has 0 radical (unpaired) electrons. The highest BCUT2D eigenvalue weighted by molar-refractivity contribution is 6.25. The lowest BCUT2D eigenvalue weighted by molar-refractivity contribution is -0.140. The summed E-state index contributed by atoms with van der Waals surface area (Å²) in [5, 5.41) is 4.66. The van der Waals surface area contributed by atoms with Crippen LogP contribution in [0.1, 0.15) is 41.3 Å². The number of rotatable bonds is 8. The second-order valence-corrected chi connectivity index (χ2v) is 8.48. The van der Waals surface area contributed by atoms with Gasteiger partial charge in [-0.1, -0.05) is 48.5 Å². The van der Waals surface area contributed by atoms with Crippen molar-refractivity contribution in [2.75, 3.05) is 18.5 Å². The van der Waals surface area contributed by atoms with Gasteiger partial charge in [-0.25, -0.2) is 0 Å². The first-order chi connectivity index (χ1) is 15.9. The Kier molecular flexibility index (Phi) is 6.45. The second-order valence-electron chi connectivity index (χ2n) is 8.48. The maximum atomic E-state index is 13.2. The lowest BCUT2D eigenvalue weighted by Crippen LogP contribution is -2.47. The lowest BCUT2D eigenvalue weighted by atomic mass is 10.1. The molecular weight excluding hydrogens is 414 g/mol. The van der Waals surface area contributed by atoms with Gasteiger partial charge in [-0.2, -0.15) is 0 Å². The summed E-state index contributed by atoms with van der Waals surface area (Å²) in [7, 11) is 1.58. The maximum absolute atomic E-state index is 13.2. The van der Waals surface area contributed by atoms with Crippen molar-refractivity contribution in [2.24, 2.45) is 0 Å². The molecule has 1 heterocycles. The molecule has 0 aromatic heterocycles. The molecular formula is C27H29N3O3. The van der Waals surface area contributed by atoms with Crippen LogP contribution in [0, 0.1) is 6.92 Å². The van der Waals surface area contributed by atoms with Gasteiger partial charge < -0.3 is 15.1 Å². The topological polar surface area (TPSA) is 69.7 Å². The number of amides is 3. The van der Waals surface area contributed by atoms with E-state index in [1.165, 1.54) is 0 Å². The van der Waals surface area contributed by atoms with Crippen molar-refractivity contribution < 1.29 is 14.4 Å². The van der Waals surface area contributed by atoms with Crippen LogP contribution in [0.3, 0.4) is 0 Å². The highest BCUT2D eigenvalue weighted by atomic mass is 16.2. The number of aryl methyl sites for hydroxylation is 1. The third-order valence-corrected chi connectivity index (χ3v) is 6.44. The molecule has 1 aliphatic rings. The van der Waals surface area contributed by atoms with Gasteiger partial charge in [-0.3, -0.25) is 14.4 Å². The maximum Gasteiger partial charge on any atom is 0.258 e. The predicted octanol–water partition coefficient (Wildman–Crippen LogP) is 4.05. The molecule has 0 saturated carbocycles. The summed E-state index contributed by atoms with van der Waals surface area (Å²) in [6.07, 6.45) is 0.767. The van der Waals surface area contributed by atoms with Crippen molar-refractivity contribution >= 4 is 34.2 Å². The van der Waals surface area contributed by atoms with Gasteiger partial charge in [0.2, 0.25) is 11.8 Å². The van der Waals surface area contributed by atoms with Gasteiger partial charge in [0.1, 0.15) is 6.04 Å². The summed E-state index contributed by atoms with van der Waals surface area (Å²) in [6, 6.07) is 19.0.